The number of hydrogen-bond donors (Lipinski definition) is 2. The first-order chi connectivity index (χ1) is 14.0. The summed E-state index contributed by atoms with van der Waals surface area (Å²) in [5.41, 5.74) is 2.37. The Morgan fingerprint density at radius 2 is 1.79 bits per heavy atom. The lowest BCUT2D eigenvalue weighted by molar-refractivity contribution is 0.0950. The Hall–Kier alpha value is -2.97. The van der Waals surface area contributed by atoms with E-state index in [1.807, 2.05) is 43.3 Å². The van der Waals surface area contributed by atoms with Gasteiger partial charge in [0.1, 0.15) is 0 Å². The molecular formula is C21H27N5O3. The summed E-state index contributed by atoms with van der Waals surface area (Å²) in [5.74, 6) is -0.552. The van der Waals surface area contributed by atoms with Crippen molar-refractivity contribution in [2.45, 2.75) is 0 Å². The van der Waals surface area contributed by atoms with E-state index in [9.17, 15) is 9.59 Å². The van der Waals surface area contributed by atoms with Crippen LogP contribution in [0.3, 0.4) is 0 Å². The molecule has 0 unspecified atom stereocenters. The highest BCUT2D eigenvalue weighted by molar-refractivity contribution is 6.07. The van der Waals surface area contributed by atoms with Crippen molar-refractivity contribution in [2.24, 2.45) is 0 Å². The van der Waals surface area contributed by atoms with Crippen molar-refractivity contribution in [1.29, 1.82) is 0 Å². The van der Waals surface area contributed by atoms with E-state index in [0.29, 0.717) is 30.9 Å². The molecule has 0 bridgehead atoms. The van der Waals surface area contributed by atoms with Crippen LogP contribution in [0.2, 0.25) is 0 Å². The van der Waals surface area contributed by atoms with Crippen LogP contribution in [0.1, 0.15) is 20.7 Å². The van der Waals surface area contributed by atoms with Crippen molar-refractivity contribution >= 4 is 23.2 Å². The van der Waals surface area contributed by atoms with E-state index in [2.05, 4.69) is 20.5 Å². The van der Waals surface area contributed by atoms with Gasteiger partial charge in [-0.2, -0.15) is 0 Å². The largest absolute Gasteiger partial charge is 0.378 e. The Morgan fingerprint density at radius 1 is 1.10 bits per heavy atom. The summed E-state index contributed by atoms with van der Waals surface area (Å²) in [4.78, 5) is 33.3. The molecule has 0 saturated carbocycles. The first kappa shape index (κ1) is 20.8. The predicted octanol–water partition coefficient (Wildman–Crippen LogP) is 1.46. The van der Waals surface area contributed by atoms with Crippen LogP contribution in [-0.2, 0) is 4.74 Å². The molecular weight excluding hydrogens is 370 g/mol. The molecule has 1 aliphatic heterocycles. The molecule has 1 fully saturated rings. The zero-order valence-electron chi connectivity index (χ0n) is 16.9. The van der Waals surface area contributed by atoms with Crippen LogP contribution in [0, 0.1) is 0 Å². The molecule has 0 spiro atoms. The molecule has 2 heterocycles. The van der Waals surface area contributed by atoms with Gasteiger partial charge in [-0.1, -0.05) is 12.1 Å². The minimum absolute atomic E-state index is 0.247. The van der Waals surface area contributed by atoms with E-state index >= 15 is 0 Å². The lowest BCUT2D eigenvalue weighted by Crippen LogP contribution is -2.36. The molecule has 0 atom stereocenters. The number of morpholine rings is 1. The van der Waals surface area contributed by atoms with Crippen LogP contribution >= 0.6 is 0 Å². The van der Waals surface area contributed by atoms with Gasteiger partial charge in [-0.25, -0.2) is 0 Å². The summed E-state index contributed by atoms with van der Waals surface area (Å²) in [6.45, 7) is 4.13. The van der Waals surface area contributed by atoms with Gasteiger partial charge in [-0.3, -0.25) is 14.6 Å². The number of likely N-dealkylation sites (N-methyl/N-ethyl adjacent to an activating group) is 1. The summed E-state index contributed by atoms with van der Waals surface area (Å²) in [6.07, 6.45) is 2.92. The minimum Gasteiger partial charge on any atom is -0.378 e. The van der Waals surface area contributed by atoms with Crippen LogP contribution in [0.15, 0.2) is 42.7 Å². The molecule has 8 nitrogen and oxygen atoms in total. The van der Waals surface area contributed by atoms with Crippen LogP contribution in [0.4, 0.5) is 11.4 Å². The molecule has 154 valence electrons. The highest BCUT2D eigenvalue weighted by atomic mass is 16.5. The second-order valence-corrected chi connectivity index (χ2v) is 7.09. The standard InChI is InChI=1S/C21H27N5O3/c1-25(2)8-7-23-20(27)16-13-17(15-22-14-16)21(28)24-18-5-3-4-6-19(18)26-9-11-29-12-10-26/h3-6,13-15H,7-12H2,1-2H3,(H,23,27)(H,24,28). The van der Waals surface area contributed by atoms with E-state index in [1.165, 1.54) is 12.4 Å². The van der Waals surface area contributed by atoms with Gasteiger partial charge in [0.05, 0.1) is 35.7 Å². The Morgan fingerprint density at radius 3 is 2.52 bits per heavy atom. The van der Waals surface area contributed by atoms with Crippen molar-refractivity contribution in [3.63, 3.8) is 0 Å². The van der Waals surface area contributed by atoms with E-state index in [1.54, 1.807) is 6.07 Å². The Labute approximate surface area is 170 Å². The van der Waals surface area contributed by atoms with Gasteiger partial charge in [0, 0.05) is 38.6 Å². The third-order valence-corrected chi connectivity index (χ3v) is 4.61. The van der Waals surface area contributed by atoms with Crippen molar-refractivity contribution in [3.8, 4) is 0 Å². The summed E-state index contributed by atoms with van der Waals surface area (Å²) in [7, 11) is 3.88. The number of ether oxygens (including phenoxy) is 1. The predicted molar refractivity (Wildman–Crippen MR) is 113 cm³/mol. The van der Waals surface area contributed by atoms with E-state index in [0.717, 1.165) is 31.0 Å². The maximum absolute atomic E-state index is 12.8. The molecule has 1 saturated heterocycles. The first-order valence-corrected chi connectivity index (χ1v) is 9.65. The fourth-order valence-electron chi connectivity index (χ4n) is 3.04. The second-order valence-electron chi connectivity index (χ2n) is 7.09. The number of rotatable bonds is 7. The summed E-state index contributed by atoms with van der Waals surface area (Å²) < 4.78 is 5.41. The van der Waals surface area contributed by atoms with Crippen molar-refractivity contribution in [1.82, 2.24) is 15.2 Å². The monoisotopic (exact) mass is 397 g/mol. The Balaban J connectivity index is 1.69. The number of hydrogen-bond acceptors (Lipinski definition) is 6. The average molecular weight is 397 g/mol. The summed E-state index contributed by atoms with van der Waals surface area (Å²) in [6, 6.07) is 9.24. The number of aromatic nitrogens is 1. The van der Waals surface area contributed by atoms with Gasteiger partial charge < -0.3 is 25.2 Å². The molecule has 0 radical (unpaired) electrons. The lowest BCUT2D eigenvalue weighted by atomic mass is 10.1. The zero-order valence-corrected chi connectivity index (χ0v) is 16.9. The third kappa shape index (κ3) is 5.75. The summed E-state index contributed by atoms with van der Waals surface area (Å²) in [5, 5.41) is 5.78. The highest BCUT2D eigenvalue weighted by Gasteiger charge is 2.17. The van der Waals surface area contributed by atoms with Crippen molar-refractivity contribution in [3.05, 3.63) is 53.9 Å². The van der Waals surface area contributed by atoms with Crippen molar-refractivity contribution < 1.29 is 14.3 Å². The molecule has 1 aromatic carbocycles. The molecule has 2 aromatic rings. The normalized spacial score (nSPS) is 14.0. The Kier molecular flexibility index (Phi) is 7.15. The molecule has 1 aromatic heterocycles. The van der Waals surface area contributed by atoms with E-state index in [4.69, 9.17) is 4.74 Å². The fraction of sp³-hybridized carbons (Fsp3) is 0.381. The van der Waals surface area contributed by atoms with Crippen LogP contribution in [-0.4, -0.2) is 75.2 Å². The van der Waals surface area contributed by atoms with Crippen LogP contribution in [0.25, 0.3) is 0 Å². The molecule has 3 rings (SSSR count). The lowest BCUT2D eigenvalue weighted by Gasteiger charge is -2.30. The van der Waals surface area contributed by atoms with Gasteiger partial charge >= 0.3 is 0 Å². The summed E-state index contributed by atoms with van der Waals surface area (Å²) >= 11 is 0. The minimum atomic E-state index is -0.304. The maximum atomic E-state index is 12.8. The van der Waals surface area contributed by atoms with Crippen LogP contribution in [0.5, 0.6) is 0 Å². The number of nitrogens with zero attached hydrogens (tertiary/aromatic N) is 3. The number of carbonyl (C=O) groups is 2. The molecule has 0 aliphatic carbocycles. The number of pyridine rings is 1. The molecule has 8 heteroatoms. The SMILES string of the molecule is CN(C)CCNC(=O)c1cncc(C(=O)Nc2ccccc2N2CCOCC2)c1. The Bertz CT molecular complexity index is 850. The number of carbonyl (C=O) groups excluding carboxylic acids is 2. The number of benzene rings is 1. The molecule has 2 amide bonds. The smallest absolute Gasteiger partial charge is 0.257 e. The molecule has 29 heavy (non-hydrogen) atoms. The van der Waals surface area contributed by atoms with Gasteiger partial charge in [0.25, 0.3) is 11.8 Å². The van der Waals surface area contributed by atoms with Crippen LogP contribution < -0.4 is 15.5 Å². The van der Waals surface area contributed by atoms with Gasteiger partial charge in [0.15, 0.2) is 0 Å². The van der Waals surface area contributed by atoms with Crippen molar-refractivity contribution in [2.75, 3.05) is 63.7 Å². The first-order valence-electron chi connectivity index (χ1n) is 9.65. The number of amides is 2. The third-order valence-electron chi connectivity index (χ3n) is 4.61. The fourth-order valence-corrected chi connectivity index (χ4v) is 3.04. The average Bonchev–Trinajstić information content (AvgIpc) is 2.74. The zero-order chi connectivity index (χ0) is 20.6. The molecule has 1 aliphatic rings. The van der Waals surface area contributed by atoms with E-state index in [-0.39, 0.29) is 11.8 Å². The number of para-hydroxylation sites is 2. The van der Waals surface area contributed by atoms with Gasteiger partial charge in [-0.05, 0) is 32.3 Å². The topological polar surface area (TPSA) is 86.8 Å². The van der Waals surface area contributed by atoms with Gasteiger partial charge in [0.2, 0.25) is 0 Å². The maximum Gasteiger partial charge on any atom is 0.257 e. The highest BCUT2D eigenvalue weighted by Crippen LogP contribution is 2.26. The second kappa shape index (κ2) is 9.99. The van der Waals surface area contributed by atoms with Gasteiger partial charge in [-0.15, -0.1) is 0 Å². The van der Waals surface area contributed by atoms with E-state index < -0.39 is 0 Å². The quantitative estimate of drug-likeness (QED) is 0.736. The number of anilines is 2. The molecule has 2 N–H and O–H groups in total. The number of nitrogens with one attached hydrogen (secondary N) is 2.